The Morgan fingerprint density at radius 1 is 1.22 bits per heavy atom. The number of phosphoric acid groups is 1. The van der Waals surface area contributed by atoms with Crippen molar-refractivity contribution in [3.63, 3.8) is 0 Å². The molecule has 0 aliphatic carbocycles. The molecule has 0 bridgehead atoms. The van der Waals surface area contributed by atoms with E-state index in [1.54, 1.807) is 0 Å². The molecule has 0 radical (unpaired) electrons. The summed E-state index contributed by atoms with van der Waals surface area (Å²) in [6, 6.07) is 2.51. The Morgan fingerprint density at radius 3 is 2.44 bits per heavy atom. The number of nitrogens with two attached hydrogens (primary N) is 1. The molecular formula is C16H22N2O13P+. The number of aliphatic carboxylic acids is 2. The second kappa shape index (κ2) is 9.97. The number of ether oxygens (including phenoxy) is 2. The van der Waals surface area contributed by atoms with Gasteiger partial charge in [-0.3, -0.25) is 15.1 Å². The molecule has 0 amide bonds. The van der Waals surface area contributed by atoms with Crippen LogP contribution in [-0.4, -0.2) is 78.8 Å². The van der Waals surface area contributed by atoms with Crippen molar-refractivity contribution >= 4 is 25.7 Å². The molecule has 15 nitrogen and oxygen atoms in total. The third-order valence-electron chi connectivity index (χ3n) is 4.44. The average Bonchev–Trinajstić information content (AvgIpc) is 2.98. The highest BCUT2D eigenvalue weighted by Crippen LogP contribution is 2.37. The highest BCUT2D eigenvalue weighted by Gasteiger charge is 2.49. The summed E-state index contributed by atoms with van der Waals surface area (Å²) in [5.74, 6) is -4.33. The van der Waals surface area contributed by atoms with Crippen molar-refractivity contribution in [2.24, 2.45) is 5.73 Å². The maximum atomic E-state index is 12.4. The minimum Gasteiger partial charge on any atom is -0.481 e. The van der Waals surface area contributed by atoms with E-state index in [-0.39, 0.29) is 5.56 Å². The Balaban J connectivity index is 2.17. The number of aliphatic hydroxyl groups excluding tert-OH is 2. The number of hydrogen-bond donors (Lipinski definition) is 7. The molecule has 0 saturated carbocycles. The number of carboxylic acid groups (broad SMARTS) is 2. The molecule has 1 aromatic rings. The van der Waals surface area contributed by atoms with Gasteiger partial charge in [-0.1, -0.05) is 0 Å². The topological polar surface area (TPSA) is 247 Å². The summed E-state index contributed by atoms with van der Waals surface area (Å²) >= 11 is 0. The van der Waals surface area contributed by atoms with E-state index in [1.807, 2.05) is 0 Å². The van der Waals surface area contributed by atoms with Gasteiger partial charge in [0.05, 0.1) is 13.0 Å². The van der Waals surface area contributed by atoms with E-state index in [9.17, 15) is 34.3 Å². The summed E-state index contributed by atoms with van der Waals surface area (Å²) in [6.07, 6.45) is -4.77. The molecule has 2 rings (SSSR count). The monoisotopic (exact) mass is 481 g/mol. The minimum absolute atomic E-state index is 0.251. The van der Waals surface area contributed by atoms with Gasteiger partial charge in [0.25, 0.3) is 12.0 Å². The molecule has 8 N–H and O–H groups in total. The highest BCUT2D eigenvalue weighted by molar-refractivity contribution is 7.46. The molecule has 32 heavy (non-hydrogen) atoms. The SMILES string of the molecule is N[C@@](CCC(=O)O)(OC(=O)c1ccc[n+]([C@@H]2O[C@H](COP(=O)(O)O)[C@@H](O)[C@H]2O)c1)C(=O)O. The molecule has 16 heteroatoms. The van der Waals surface area contributed by atoms with Crippen molar-refractivity contribution in [3.05, 3.63) is 30.1 Å². The van der Waals surface area contributed by atoms with Crippen LogP contribution in [0.1, 0.15) is 29.4 Å². The van der Waals surface area contributed by atoms with E-state index < -0.39 is 75.4 Å². The molecule has 178 valence electrons. The van der Waals surface area contributed by atoms with Crippen molar-refractivity contribution in [1.82, 2.24) is 0 Å². The molecular weight excluding hydrogens is 459 g/mol. The standard InChI is InChI=1S/C16H21N2O13P/c17-16(15(24)25,4-3-10(19)20)31-14(23)8-2-1-5-18(6-8)13-12(22)11(21)9(30-13)7-29-32(26,27)28/h1-2,5-6,9,11-13,21-22H,3-4,7,17H2,(H3-,19,20,24,25,26,27,28)/p+1/t9-,11-,12-,13-,16+/m1/s1. The molecule has 0 unspecified atom stereocenters. The van der Waals surface area contributed by atoms with Crippen LogP contribution in [0.15, 0.2) is 24.5 Å². The van der Waals surface area contributed by atoms with Crippen LogP contribution >= 0.6 is 7.82 Å². The lowest BCUT2D eigenvalue weighted by Gasteiger charge is -2.23. The summed E-state index contributed by atoms with van der Waals surface area (Å²) < 4.78 is 26.4. The molecule has 5 atom stereocenters. The number of carbonyl (C=O) groups excluding carboxylic acids is 1. The highest BCUT2D eigenvalue weighted by atomic mass is 31.2. The average molecular weight is 481 g/mol. The van der Waals surface area contributed by atoms with E-state index in [1.165, 1.54) is 18.3 Å². The van der Waals surface area contributed by atoms with Crippen molar-refractivity contribution < 1.29 is 67.7 Å². The van der Waals surface area contributed by atoms with Gasteiger partial charge in [-0.25, -0.2) is 14.2 Å². The predicted molar refractivity (Wildman–Crippen MR) is 97.4 cm³/mol. The molecule has 1 aliphatic rings. The Kier molecular flexibility index (Phi) is 8.03. The number of nitrogens with zero attached hydrogens (tertiary/aromatic N) is 1. The Hall–Kier alpha value is -2.49. The summed E-state index contributed by atoms with van der Waals surface area (Å²) in [5, 5.41) is 38.2. The van der Waals surface area contributed by atoms with Gasteiger partial charge in [0, 0.05) is 12.5 Å². The maximum Gasteiger partial charge on any atom is 0.469 e. The van der Waals surface area contributed by atoms with E-state index >= 15 is 0 Å². The van der Waals surface area contributed by atoms with Gasteiger partial charge in [0.15, 0.2) is 18.5 Å². The van der Waals surface area contributed by atoms with Crippen molar-refractivity contribution in [3.8, 4) is 0 Å². The first-order valence-electron chi connectivity index (χ1n) is 8.93. The predicted octanol–water partition coefficient (Wildman–Crippen LogP) is -2.54. The quantitative estimate of drug-likeness (QED) is 0.0788. The number of carbonyl (C=O) groups is 3. The lowest BCUT2D eigenvalue weighted by atomic mass is 10.1. The van der Waals surface area contributed by atoms with Gasteiger partial charge in [-0.15, -0.1) is 0 Å². The van der Waals surface area contributed by atoms with Gasteiger partial charge >= 0.3 is 25.7 Å². The zero-order chi connectivity index (χ0) is 24.3. The van der Waals surface area contributed by atoms with E-state index in [0.29, 0.717) is 0 Å². The van der Waals surface area contributed by atoms with Gasteiger partial charge in [-0.05, 0) is 6.07 Å². The Labute approximate surface area is 179 Å². The second-order valence-electron chi connectivity index (χ2n) is 6.85. The molecule has 0 aromatic carbocycles. The number of carboxylic acids is 2. The van der Waals surface area contributed by atoms with E-state index in [4.69, 9.17) is 30.1 Å². The molecule has 1 aromatic heterocycles. The molecule has 0 spiro atoms. The number of phosphoric ester groups is 1. The van der Waals surface area contributed by atoms with Crippen LogP contribution in [0, 0.1) is 0 Å². The zero-order valence-corrected chi connectivity index (χ0v) is 17.1. The number of esters is 1. The summed E-state index contributed by atoms with van der Waals surface area (Å²) in [5.41, 5.74) is 2.67. The van der Waals surface area contributed by atoms with Gasteiger partial charge in [0.1, 0.15) is 17.8 Å². The smallest absolute Gasteiger partial charge is 0.469 e. The van der Waals surface area contributed by atoms with E-state index in [2.05, 4.69) is 4.52 Å². The van der Waals surface area contributed by atoms with Gasteiger partial charge in [-0.2, -0.15) is 4.57 Å². The first kappa shape index (κ1) is 25.8. The fraction of sp³-hybridized carbons (Fsp3) is 0.500. The van der Waals surface area contributed by atoms with Crippen LogP contribution < -0.4 is 10.3 Å². The van der Waals surface area contributed by atoms with Gasteiger partial charge < -0.3 is 39.7 Å². The number of aromatic nitrogens is 1. The first-order valence-corrected chi connectivity index (χ1v) is 10.5. The van der Waals surface area contributed by atoms with Gasteiger partial charge in [0.2, 0.25) is 0 Å². The number of aliphatic hydroxyl groups is 2. The Morgan fingerprint density at radius 2 is 1.88 bits per heavy atom. The minimum atomic E-state index is -4.85. The van der Waals surface area contributed by atoms with Crippen molar-refractivity contribution in [1.29, 1.82) is 0 Å². The number of hydrogen-bond acceptors (Lipinski definition) is 10. The van der Waals surface area contributed by atoms with Crippen LogP contribution in [0.2, 0.25) is 0 Å². The summed E-state index contributed by atoms with van der Waals surface area (Å²) in [4.78, 5) is 52.0. The van der Waals surface area contributed by atoms with Crippen molar-refractivity contribution in [2.45, 2.75) is 43.1 Å². The molecule has 2 heterocycles. The lowest BCUT2D eigenvalue weighted by molar-refractivity contribution is -0.765. The van der Waals surface area contributed by atoms with Crippen LogP contribution in [0.3, 0.4) is 0 Å². The lowest BCUT2D eigenvalue weighted by Crippen LogP contribution is -2.52. The fourth-order valence-electron chi connectivity index (χ4n) is 2.77. The zero-order valence-electron chi connectivity index (χ0n) is 16.3. The number of pyridine rings is 1. The largest absolute Gasteiger partial charge is 0.481 e. The first-order chi connectivity index (χ1) is 14.7. The normalized spacial score (nSPS) is 25.2. The summed E-state index contributed by atoms with van der Waals surface area (Å²) in [6.45, 7) is -0.737. The number of rotatable bonds is 10. The molecule has 1 saturated heterocycles. The van der Waals surface area contributed by atoms with E-state index in [0.717, 1.165) is 10.8 Å². The van der Waals surface area contributed by atoms with Crippen LogP contribution in [0.25, 0.3) is 0 Å². The summed E-state index contributed by atoms with van der Waals surface area (Å²) in [7, 11) is -4.85. The van der Waals surface area contributed by atoms with Crippen LogP contribution in [-0.2, 0) is 28.2 Å². The third kappa shape index (κ3) is 6.51. The van der Waals surface area contributed by atoms with Crippen LogP contribution in [0.5, 0.6) is 0 Å². The Bertz CT molecular complexity index is 921. The second-order valence-corrected chi connectivity index (χ2v) is 8.09. The molecule has 1 aliphatic heterocycles. The van der Waals surface area contributed by atoms with Crippen LogP contribution in [0.4, 0.5) is 0 Å². The fourth-order valence-corrected chi connectivity index (χ4v) is 3.12. The molecule has 1 fully saturated rings. The third-order valence-corrected chi connectivity index (χ3v) is 4.93. The van der Waals surface area contributed by atoms with Crippen molar-refractivity contribution in [2.75, 3.05) is 6.61 Å². The maximum absolute atomic E-state index is 12.4.